The smallest absolute Gasteiger partial charge is 0.463 e. The van der Waals surface area contributed by atoms with E-state index < -0.39 is 8.80 Å². The van der Waals surface area contributed by atoms with Gasteiger partial charge < -0.3 is 18.0 Å². The van der Waals surface area contributed by atoms with E-state index in [9.17, 15) is 4.79 Å². The van der Waals surface area contributed by atoms with E-state index in [1.54, 1.807) is 0 Å². The van der Waals surface area contributed by atoms with Crippen LogP contribution in [-0.4, -0.2) is 41.2 Å². The summed E-state index contributed by atoms with van der Waals surface area (Å²) in [6.07, 6.45) is 3.90. The van der Waals surface area contributed by atoms with Gasteiger partial charge in [0, 0.05) is 31.9 Å². The molecule has 5 nitrogen and oxygen atoms in total. The Labute approximate surface area is 123 Å². The molecule has 20 heavy (non-hydrogen) atoms. The minimum Gasteiger partial charge on any atom is -0.463 e. The average molecular weight is 304 g/mol. The molecule has 0 aliphatic heterocycles. The number of esters is 1. The van der Waals surface area contributed by atoms with Gasteiger partial charge in [-0.25, -0.2) is 4.79 Å². The number of hydrogen-bond acceptors (Lipinski definition) is 5. The molecule has 0 bridgehead atoms. The number of carbonyl (C=O) groups excluding carboxylic acids is 1. The van der Waals surface area contributed by atoms with Crippen molar-refractivity contribution in [3.8, 4) is 0 Å². The first-order valence-corrected chi connectivity index (χ1v) is 9.28. The minimum absolute atomic E-state index is 0.369. The summed E-state index contributed by atoms with van der Waals surface area (Å²) >= 11 is 0. The Kier molecular flexibility index (Phi) is 11.7. The van der Waals surface area contributed by atoms with E-state index in [1.165, 1.54) is 6.08 Å². The molecule has 0 saturated carbocycles. The number of hydrogen-bond donors (Lipinski definition) is 0. The SMILES string of the molecule is C=CC(=O)OCCCCC[Si](OCC)(OCC)OCC. The van der Waals surface area contributed by atoms with Crippen LogP contribution in [-0.2, 0) is 22.8 Å². The third-order valence-corrected chi connectivity index (χ3v) is 5.78. The van der Waals surface area contributed by atoms with Crippen LogP contribution in [0.2, 0.25) is 6.04 Å². The highest BCUT2D eigenvalue weighted by Gasteiger charge is 2.39. The predicted molar refractivity (Wildman–Crippen MR) is 80.4 cm³/mol. The van der Waals surface area contributed by atoms with Crippen molar-refractivity contribution >= 4 is 14.8 Å². The summed E-state index contributed by atoms with van der Waals surface area (Å²) < 4.78 is 22.2. The van der Waals surface area contributed by atoms with Crippen molar-refractivity contribution in [1.29, 1.82) is 0 Å². The molecule has 0 aromatic heterocycles. The van der Waals surface area contributed by atoms with Crippen molar-refractivity contribution in [2.45, 2.75) is 46.1 Å². The standard InChI is InChI=1S/C14H28O5Si/c1-5-14(15)16-12-10-9-11-13-20(17-6-2,18-7-3)19-8-4/h5H,1,6-13H2,2-4H3. The molecule has 0 spiro atoms. The van der Waals surface area contributed by atoms with E-state index in [0.717, 1.165) is 25.3 Å². The normalized spacial score (nSPS) is 11.3. The largest absolute Gasteiger partial charge is 0.500 e. The van der Waals surface area contributed by atoms with Crippen molar-refractivity contribution in [3.63, 3.8) is 0 Å². The van der Waals surface area contributed by atoms with E-state index in [2.05, 4.69) is 6.58 Å². The molecule has 0 fully saturated rings. The molecular formula is C14H28O5Si. The molecule has 0 aromatic rings. The lowest BCUT2D eigenvalue weighted by Gasteiger charge is -2.28. The monoisotopic (exact) mass is 304 g/mol. The fraction of sp³-hybridized carbons (Fsp3) is 0.786. The molecule has 0 aliphatic carbocycles. The Morgan fingerprint density at radius 1 is 1.00 bits per heavy atom. The number of unbranched alkanes of at least 4 members (excludes halogenated alkanes) is 2. The van der Waals surface area contributed by atoms with Crippen molar-refractivity contribution in [3.05, 3.63) is 12.7 Å². The van der Waals surface area contributed by atoms with Crippen molar-refractivity contribution in [2.24, 2.45) is 0 Å². The van der Waals surface area contributed by atoms with Gasteiger partial charge in [0.1, 0.15) is 0 Å². The summed E-state index contributed by atoms with van der Waals surface area (Å²) in [7, 11) is -2.51. The molecule has 0 unspecified atom stereocenters. The third kappa shape index (κ3) is 8.47. The van der Waals surface area contributed by atoms with Gasteiger partial charge in [0.05, 0.1) is 6.61 Å². The first kappa shape index (κ1) is 19.3. The Hall–Kier alpha value is -0.693. The van der Waals surface area contributed by atoms with Crippen LogP contribution in [0, 0.1) is 0 Å². The van der Waals surface area contributed by atoms with Gasteiger partial charge in [0.2, 0.25) is 0 Å². The van der Waals surface area contributed by atoms with Gasteiger partial charge in [0.15, 0.2) is 0 Å². The summed E-state index contributed by atoms with van der Waals surface area (Å²) in [6.45, 7) is 11.4. The molecule has 6 heteroatoms. The maximum Gasteiger partial charge on any atom is 0.500 e. The summed E-state index contributed by atoms with van der Waals surface area (Å²) in [6, 6.07) is 0.803. The fourth-order valence-electron chi connectivity index (χ4n) is 1.85. The van der Waals surface area contributed by atoms with Gasteiger partial charge in [-0.15, -0.1) is 0 Å². The minimum atomic E-state index is -2.51. The summed E-state index contributed by atoms with van der Waals surface area (Å²) in [5.74, 6) is -0.369. The van der Waals surface area contributed by atoms with Crippen LogP contribution in [0.4, 0.5) is 0 Å². The van der Waals surface area contributed by atoms with Crippen LogP contribution in [0.5, 0.6) is 0 Å². The summed E-state index contributed by atoms with van der Waals surface area (Å²) in [5.41, 5.74) is 0. The highest BCUT2D eigenvalue weighted by atomic mass is 28.4. The van der Waals surface area contributed by atoms with Gasteiger partial charge in [-0.3, -0.25) is 0 Å². The molecule has 0 N–H and O–H groups in total. The predicted octanol–water partition coefficient (Wildman–Crippen LogP) is 2.93. The van der Waals surface area contributed by atoms with Crippen LogP contribution in [0.25, 0.3) is 0 Å². The molecule has 0 amide bonds. The molecule has 0 atom stereocenters. The van der Waals surface area contributed by atoms with Gasteiger partial charge in [0.25, 0.3) is 0 Å². The van der Waals surface area contributed by atoms with Crippen LogP contribution in [0.15, 0.2) is 12.7 Å². The zero-order chi connectivity index (χ0) is 15.3. The summed E-state index contributed by atoms with van der Waals surface area (Å²) in [5, 5.41) is 0. The molecule has 0 heterocycles. The molecule has 0 rings (SSSR count). The zero-order valence-corrected chi connectivity index (χ0v) is 14.0. The van der Waals surface area contributed by atoms with Gasteiger partial charge in [-0.05, 0) is 33.6 Å². The Morgan fingerprint density at radius 3 is 2.00 bits per heavy atom. The van der Waals surface area contributed by atoms with Gasteiger partial charge in [-0.1, -0.05) is 13.0 Å². The number of carbonyl (C=O) groups is 1. The lowest BCUT2D eigenvalue weighted by Crippen LogP contribution is -2.45. The zero-order valence-electron chi connectivity index (χ0n) is 13.0. The molecule has 0 radical (unpaired) electrons. The molecular weight excluding hydrogens is 276 g/mol. The third-order valence-electron chi connectivity index (χ3n) is 2.63. The average Bonchev–Trinajstić information content (AvgIpc) is 2.43. The van der Waals surface area contributed by atoms with E-state index in [-0.39, 0.29) is 5.97 Å². The van der Waals surface area contributed by atoms with Crippen molar-refractivity contribution in [2.75, 3.05) is 26.4 Å². The number of ether oxygens (including phenoxy) is 1. The molecule has 0 aromatic carbocycles. The second kappa shape index (κ2) is 12.1. The second-order valence-electron chi connectivity index (χ2n) is 4.16. The maximum atomic E-state index is 10.9. The topological polar surface area (TPSA) is 54.0 Å². The second-order valence-corrected chi connectivity index (χ2v) is 6.90. The quantitative estimate of drug-likeness (QED) is 0.227. The first-order valence-electron chi connectivity index (χ1n) is 7.35. The van der Waals surface area contributed by atoms with Gasteiger partial charge in [-0.2, -0.15) is 0 Å². The van der Waals surface area contributed by atoms with Crippen molar-refractivity contribution < 1.29 is 22.8 Å². The van der Waals surface area contributed by atoms with Crippen LogP contribution in [0.3, 0.4) is 0 Å². The van der Waals surface area contributed by atoms with E-state index in [1.807, 2.05) is 20.8 Å². The van der Waals surface area contributed by atoms with E-state index in [0.29, 0.717) is 26.4 Å². The highest BCUT2D eigenvalue weighted by molar-refractivity contribution is 6.60. The fourth-order valence-corrected chi connectivity index (χ4v) is 4.54. The van der Waals surface area contributed by atoms with Crippen LogP contribution in [0.1, 0.15) is 40.0 Å². The van der Waals surface area contributed by atoms with Crippen molar-refractivity contribution in [1.82, 2.24) is 0 Å². The van der Waals surface area contributed by atoms with E-state index in [4.69, 9.17) is 18.0 Å². The molecule has 118 valence electrons. The lowest BCUT2D eigenvalue weighted by atomic mass is 10.3. The Morgan fingerprint density at radius 2 is 1.55 bits per heavy atom. The van der Waals surface area contributed by atoms with E-state index >= 15 is 0 Å². The lowest BCUT2D eigenvalue weighted by molar-refractivity contribution is -0.137. The molecule has 0 aliphatic rings. The Balaban J connectivity index is 3.99. The highest BCUT2D eigenvalue weighted by Crippen LogP contribution is 2.19. The van der Waals surface area contributed by atoms with Crippen LogP contribution >= 0.6 is 0 Å². The maximum absolute atomic E-state index is 10.9. The van der Waals surface area contributed by atoms with Gasteiger partial charge >= 0.3 is 14.8 Å². The Bertz CT molecular complexity index is 253. The first-order chi connectivity index (χ1) is 9.64. The molecule has 0 saturated heterocycles. The number of rotatable bonds is 13. The summed E-state index contributed by atoms with van der Waals surface area (Å²) in [4.78, 5) is 10.9. The van der Waals surface area contributed by atoms with Crippen LogP contribution < -0.4 is 0 Å².